The quantitative estimate of drug-likeness (QED) is 0.454. The van der Waals surface area contributed by atoms with Crippen LogP contribution in [0.4, 0.5) is 5.69 Å². The number of nitrogens with zero attached hydrogens (tertiary/aromatic N) is 1. The molecule has 0 atom stereocenters. The number of aromatic nitrogens is 1. The molecule has 1 heterocycles. The van der Waals surface area contributed by atoms with Crippen LogP contribution in [0.1, 0.15) is 25.7 Å². The molecule has 0 spiro atoms. The number of sulfonamides is 1. The van der Waals surface area contributed by atoms with Crippen molar-refractivity contribution in [1.29, 1.82) is 0 Å². The number of hydrogen-bond acceptors (Lipinski definition) is 5. The van der Waals surface area contributed by atoms with Crippen LogP contribution in [0.5, 0.6) is 5.75 Å². The van der Waals surface area contributed by atoms with Gasteiger partial charge in [-0.2, -0.15) is 0 Å². The highest BCUT2D eigenvalue weighted by Crippen LogP contribution is 2.30. The molecule has 0 saturated heterocycles. The molecule has 2 aromatic carbocycles. The van der Waals surface area contributed by atoms with Gasteiger partial charge in [-0.05, 0) is 68.1 Å². The maximum atomic E-state index is 12.9. The molecule has 3 aromatic rings. The highest BCUT2D eigenvalue weighted by molar-refractivity contribution is 9.10. The minimum atomic E-state index is -3.68. The summed E-state index contributed by atoms with van der Waals surface area (Å²) >= 11 is 9.41. The molecule has 0 bridgehead atoms. The van der Waals surface area contributed by atoms with Gasteiger partial charge in [-0.15, -0.1) is 0 Å². The zero-order valence-corrected chi connectivity index (χ0v) is 20.1. The highest BCUT2D eigenvalue weighted by Gasteiger charge is 2.28. The van der Waals surface area contributed by atoms with Crippen molar-refractivity contribution in [2.45, 2.75) is 42.7 Å². The van der Waals surface area contributed by atoms with Crippen LogP contribution in [-0.4, -0.2) is 32.6 Å². The van der Waals surface area contributed by atoms with Gasteiger partial charge in [-0.1, -0.05) is 27.5 Å². The van der Waals surface area contributed by atoms with Gasteiger partial charge in [0.05, 0.1) is 12.6 Å². The van der Waals surface area contributed by atoms with E-state index in [1.807, 2.05) is 24.3 Å². The lowest BCUT2D eigenvalue weighted by Gasteiger charge is -2.30. The minimum Gasteiger partial charge on any atom is -0.495 e. The van der Waals surface area contributed by atoms with Crippen molar-refractivity contribution in [3.8, 4) is 5.75 Å². The Bertz CT molecular complexity index is 1200. The highest BCUT2D eigenvalue weighted by atomic mass is 79.9. The molecule has 9 heteroatoms. The molecule has 0 unspecified atom stereocenters. The smallest absolute Gasteiger partial charge is 0.244 e. The van der Waals surface area contributed by atoms with Crippen molar-refractivity contribution in [2.75, 3.05) is 12.4 Å². The summed E-state index contributed by atoms with van der Waals surface area (Å²) in [5, 5.41) is 5.28. The zero-order valence-electron chi connectivity index (χ0n) is 16.9. The average Bonchev–Trinajstić information content (AvgIpc) is 2.75. The van der Waals surface area contributed by atoms with Crippen LogP contribution < -0.4 is 14.8 Å². The van der Waals surface area contributed by atoms with Gasteiger partial charge in [0.2, 0.25) is 10.0 Å². The fraction of sp³-hybridized carbons (Fsp3) is 0.318. The second kappa shape index (κ2) is 9.32. The fourth-order valence-electron chi connectivity index (χ4n) is 3.97. The number of nitrogens with one attached hydrogen (secondary N) is 2. The van der Waals surface area contributed by atoms with Crippen molar-refractivity contribution < 1.29 is 13.2 Å². The average molecular weight is 525 g/mol. The summed E-state index contributed by atoms with van der Waals surface area (Å²) < 4.78 is 34.6. The van der Waals surface area contributed by atoms with Gasteiger partial charge < -0.3 is 10.1 Å². The summed E-state index contributed by atoms with van der Waals surface area (Å²) in [4.78, 5) is 4.53. The Kier molecular flexibility index (Phi) is 6.71. The molecule has 1 aliphatic carbocycles. The van der Waals surface area contributed by atoms with E-state index in [0.29, 0.717) is 15.2 Å². The molecule has 164 valence electrons. The third-order valence-electron chi connectivity index (χ3n) is 5.53. The summed E-state index contributed by atoms with van der Waals surface area (Å²) in [6.45, 7) is 0. The molecule has 0 radical (unpaired) electrons. The maximum Gasteiger partial charge on any atom is 0.244 e. The van der Waals surface area contributed by atoms with Crippen LogP contribution >= 0.6 is 27.5 Å². The van der Waals surface area contributed by atoms with Crippen molar-refractivity contribution >= 4 is 54.1 Å². The number of benzene rings is 2. The molecule has 1 saturated carbocycles. The third-order valence-corrected chi connectivity index (χ3v) is 7.80. The first-order valence-corrected chi connectivity index (χ1v) is 12.7. The Balaban J connectivity index is 1.41. The lowest BCUT2D eigenvalue weighted by atomic mass is 9.91. The predicted molar refractivity (Wildman–Crippen MR) is 127 cm³/mol. The van der Waals surface area contributed by atoms with E-state index in [0.717, 1.165) is 42.3 Å². The van der Waals surface area contributed by atoms with Gasteiger partial charge in [0.25, 0.3) is 0 Å². The number of hydrogen-bond donors (Lipinski definition) is 2. The Morgan fingerprint density at radius 3 is 2.55 bits per heavy atom. The van der Waals surface area contributed by atoms with E-state index in [1.165, 1.54) is 7.11 Å². The van der Waals surface area contributed by atoms with E-state index in [-0.39, 0.29) is 17.0 Å². The van der Waals surface area contributed by atoms with E-state index < -0.39 is 10.0 Å². The second-order valence-electron chi connectivity index (χ2n) is 7.63. The number of halogens is 2. The zero-order chi connectivity index (χ0) is 22.0. The Morgan fingerprint density at radius 2 is 1.81 bits per heavy atom. The Labute approximate surface area is 195 Å². The summed E-state index contributed by atoms with van der Waals surface area (Å²) in [5.41, 5.74) is 1.87. The maximum absolute atomic E-state index is 12.9. The van der Waals surface area contributed by atoms with Crippen molar-refractivity contribution in [2.24, 2.45) is 0 Å². The van der Waals surface area contributed by atoms with Gasteiger partial charge in [-0.3, -0.25) is 4.98 Å². The van der Waals surface area contributed by atoms with Crippen LogP contribution in [-0.2, 0) is 10.0 Å². The van der Waals surface area contributed by atoms with Gasteiger partial charge in [-0.25, -0.2) is 13.1 Å². The first-order valence-electron chi connectivity index (χ1n) is 10.0. The molecule has 4 rings (SSSR count). The third kappa shape index (κ3) is 5.14. The summed E-state index contributed by atoms with van der Waals surface area (Å²) in [6, 6.07) is 12.8. The van der Waals surface area contributed by atoms with Gasteiger partial charge in [0.15, 0.2) is 0 Å². The number of ether oxygens (including phenoxy) is 1. The Morgan fingerprint density at radius 1 is 1.06 bits per heavy atom. The Hall–Kier alpha value is -1.87. The molecule has 0 amide bonds. The number of anilines is 1. The molecular weight excluding hydrogens is 502 g/mol. The SMILES string of the molecule is COc1ccc(Br)cc1S(=O)(=O)N[C@H]1CC[C@@H](Nc2ccnc3cc(Cl)ccc23)CC1. The van der Waals surface area contributed by atoms with Crippen LogP contribution in [0.2, 0.25) is 5.02 Å². The summed E-state index contributed by atoms with van der Waals surface area (Å²) in [6.07, 6.45) is 5.00. The second-order valence-corrected chi connectivity index (χ2v) is 10.7. The van der Waals surface area contributed by atoms with Crippen molar-refractivity contribution in [3.63, 3.8) is 0 Å². The number of pyridine rings is 1. The standard InChI is InChI=1S/C22H23BrClN3O3S/c1-30-21-9-2-14(23)12-22(21)31(28,29)27-17-6-4-16(5-7-17)26-19-10-11-25-20-13-15(24)3-8-18(19)20/h2-3,8-13,16-17,27H,4-7H2,1H3,(H,25,26)/t16-,17+. The van der Waals surface area contributed by atoms with Crippen LogP contribution in [0.15, 0.2) is 58.0 Å². The summed E-state index contributed by atoms with van der Waals surface area (Å²) in [5.74, 6) is 0.329. The van der Waals surface area contributed by atoms with Gasteiger partial charge in [0, 0.05) is 38.8 Å². The van der Waals surface area contributed by atoms with E-state index >= 15 is 0 Å². The molecule has 1 fully saturated rings. The minimum absolute atomic E-state index is 0.111. The van der Waals surface area contributed by atoms with E-state index in [9.17, 15) is 8.42 Å². The summed E-state index contributed by atoms with van der Waals surface area (Å²) in [7, 11) is -2.21. The molecule has 1 aromatic heterocycles. The lowest BCUT2D eigenvalue weighted by Crippen LogP contribution is -2.40. The van der Waals surface area contributed by atoms with Crippen LogP contribution in [0.25, 0.3) is 10.9 Å². The first-order chi connectivity index (χ1) is 14.9. The number of rotatable bonds is 6. The topological polar surface area (TPSA) is 80.3 Å². The van der Waals surface area contributed by atoms with Gasteiger partial charge >= 0.3 is 0 Å². The molecule has 2 N–H and O–H groups in total. The normalized spacial score (nSPS) is 19.3. The molecule has 1 aliphatic rings. The number of fused-ring (bicyclic) bond motifs is 1. The van der Waals surface area contributed by atoms with E-state index in [2.05, 4.69) is 31.0 Å². The lowest BCUT2D eigenvalue weighted by molar-refractivity contribution is 0.383. The van der Waals surface area contributed by atoms with E-state index in [4.69, 9.17) is 16.3 Å². The van der Waals surface area contributed by atoms with Crippen LogP contribution in [0, 0.1) is 0 Å². The van der Waals surface area contributed by atoms with Crippen molar-refractivity contribution in [1.82, 2.24) is 9.71 Å². The number of methoxy groups -OCH3 is 1. The molecular formula is C22H23BrClN3O3S. The molecule has 0 aliphatic heterocycles. The van der Waals surface area contributed by atoms with Crippen molar-refractivity contribution in [3.05, 3.63) is 58.2 Å². The van der Waals surface area contributed by atoms with Gasteiger partial charge in [0.1, 0.15) is 10.6 Å². The first kappa shape index (κ1) is 22.3. The predicted octanol–water partition coefficient (Wildman–Crippen LogP) is 5.36. The van der Waals surface area contributed by atoms with Crippen LogP contribution in [0.3, 0.4) is 0 Å². The molecule has 6 nitrogen and oxygen atoms in total. The van der Waals surface area contributed by atoms with E-state index in [1.54, 1.807) is 24.4 Å². The fourth-order valence-corrected chi connectivity index (χ4v) is 6.14. The monoisotopic (exact) mass is 523 g/mol. The molecule has 31 heavy (non-hydrogen) atoms. The largest absolute Gasteiger partial charge is 0.495 e.